The van der Waals surface area contributed by atoms with E-state index < -0.39 is 17.9 Å². The molecule has 2 aliphatic carbocycles. The molecule has 0 aromatic heterocycles. The molecule has 3 atom stereocenters. The molecule has 0 saturated carbocycles. The predicted octanol–water partition coefficient (Wildman–Crippen LogP) is 16.4. The molecular formula is C52H92O6. The van der Waals surface area contributed by atoms with Crippen molar-refractivity contribution in [2.75, 3.05) is 0 Å². The Morgan fingerprint density at radius 1 is 0.500 bits per heavy atom. The molecule has 0 aromatic rings. The Kier molecular flexibility index (Phi) is 41.9. The van der Waals surface area contributed by atoms with Crippen molar-refractivity contribution in [1.29, 1.82) is 0 Å². The van der Waals surface area contributed by atoms with Gasteiger partial charge in [-0.1, -0.05) is 178 Å². The van der Waals surface area contributed by atoms with Gasteiger partial charge in [0.05, 0.1) is 0 Å². The highest BCUT2D eigenvalue weighted by molar-refractivity contribution is 5.67. The zero-order valence-electron chi connectivity index (χ0n) is 37.9. The maximum absolute atomic E-state index is 10.3. The molecule has 0 spiro atoms. The van der Waals surface area contributed by atoms with Gasteiger partial charge in [-0.15, -0.1) is 0 Å². The zero-order chi connectivity index (χ0) is 42.6. The van der Waals surface area contributed by atoms with Crippen LogP contribution in [0.4, 0.5) is 0 Å². The first-order valence-corrected chi connectivity index (χ1v) is 24.5. The first-order valence-electron chi connectivity index (χ1n) is 24.5. The van der Waals surface area contributed by atoms with Crippen molar-refractivity contribution in [1.82, 2.24) is 0 Å². The Bertz CT molecular complexity index is 1060. The van der Waals surface area contributed by atoms with Crippen LogP contribution in [-0.2, 0) is 14.4 Å². The van der Waals surface area contributed by atoms with E-state index in [4.69, 9.17) is 15.3 Å². The fourth-order valence-corrected chi connectivity index (χ4v) is 7.99. The van der Waals surface area contributed by atoms with Crippen molar-refractivity contribution in [3.05, 3.63) is 48.6 Å². The fourth-order valence-electron chi connectivity index (χ4n) is 7.99. The third-order valence-corrected chi connectivity index (χ3v) is 11.6. The van der Waals surface area contributed by atoms with Crippen molar-refractivity contribution >= 4 is 17.9 Å². The van der Waals surface area contributed by atoms with Gasteiger partial charge in [0, 0.05) is 19.3 Å². The van der Waals surface area contributed by atoms with Gasteiger partial charge in [-0.25, -0.2) is 0 Å². The predicted molar refractivity (Wildman–Crippen MR) is 247 cm³/mol. The summed E-state index contributed by atoms with van der Waals surface area (Å²) in [4.78, 5) is 31.0. The van der Waals surface area contributed by atoms with Gasteiger partial charge < -0.3 is 15.3 Å². The van der Waals surface area contributed by atoms with Crippen LogP contribution in [0.5, 0.6) is 0 Å². The number of hydrogen-bond donors (Lipinski definition) is 3. The van der Waals surface area contributed by atoms with E-state index in [1.54, 1.807) is 0 Å². The third kappa shape index (κ3) is 44.5. The molecule has 0 aliphatic heterocycles. The zero-order valence-corrected chi connectivity index (χ0v) is 37.9. The number of unbranched alkanes of at least 4 members (excludes halogenated alkanes) is 22. The van der Waals surface area contributed by atoms with E-state index in [-0.39, 0.29) is 0 Å². The van der Waals surface area contributed by atoms with Crippen molar-refractivity contribution in [2.45, 2.75) is 245 Å². The van der Waals surface area contributed by atoms with Crippen LogP contribution in [0.2, 0.25) is 0 Å². The van der Waals surface area contributed by atoms with Crippen LogP contribution in [0.25, 0.3) is 0 Å². The molecule has 2 rings (SSSR count). The molecule has 0 radical (unpaired) electrons. The van der Waals surface area contributed by atoms with Gasteiger partial charge >= 0.3 is 17.9 Å². The second-order valence-corrected chi connectivity index (χ2v) is 17.4. The Labute approximate surface area is 357 Å². The van der Waals surface area contributed by atoms with Crippen LogP contribution >= 0.6 is 0 Å². The molecule has 336 valence electrons. The first kappa shape index (κ1) is 55.4. The summed E-state index contributed by atoms with van der Waals surface area (Å²) >= 11 is 0. The summed E-state index contributed by atoms with van der Waals surface area (Å²) in [6, 6.07) is 0. The smallest absolute Gasteiger partial charge is 0.303 e. The summed E-state index contributed by atoms with van der Waals surface area (Å²) in [5.74, 6) is 0.499. The normalized spacial score (nSPS) is 16.4. The topological polar surface area (TPSA) is 112 Å². The minimum absolute atomic E-state index is 0.305. The third-order valence-electron chi connectivity index (χ3n) is 11.6. The van der Waals surface area contributed by atoms with E-state index in [2.05, 4.69) is 62.5 Å². The van der Waals surface area contributed by atoms with Gasteiger partial charge in [0.25, 0.3) is 0 Å². The highest BCUT2D eigenvalue weighted by Crippen LogP contribution is 2.24. The van der Waals surface area contributed by atoms with Crippen LogP contribution in [0.15, 0.2) is 48.6 Å². The molecule has 0 fully saturated rings. The molecule has 58 heavy (non-hydrogen) atoms. The van der Waals surface area contributed by atoms with E-state index in [0.717, 1.165) is 62.7 Å². The maximum Gasteiger partial charge on any atom is 0.303 e. The van der Waals surface area contributed by atoms with Crippen molar-refractivity contribution in [3.63, 3.8) is 0 Å². The van der Waals surface area contributed by atoms with Crippen LogP contribution in [0.3, 0.4) is 0 Å². The minimum Gasteiger partial charge on any atom is -0.481 e. The van der Waals surface area contributed by atoms with Gasteiger partial charge in [-0.3, -0.25) is 14.4 Å². The van der Waals surface area contributed by atoms with E-state index in [1.165, 1.54) is 167 Å². The number of hydrogen-bond acceptors (Lipinski definition) is 3. The molecule has 0 saturated heterocycles. The number of rotatable bonds is 37. The van der Waals surface area contributed by atoms with Gasteiger partial charge in [0.1, 0.15) is 0 Å². The monoisotopic (exact) mass is 813 g/mol. The second-order valence-electron chi connectivity index (χ2n) is 17.4. The standard InChI is InChI=1S/2C18H32O2.C16H28O2/c19-18(20)16-10-8-6-4-2-1-3-5-7-9-13-17-14-11-12-15-17;1-3-14-17(2)15-12-10-8-6-4-5-7-9-11-13-16-18(19)20;17-16(18)14-8-6-4-2-1-3-5-7-11-15-12-9-10-13-15/h11,14,17H,1-10,12-13,15-16H2,(H,19,20);3,5,7,14,17H,4,6,8-13,15-16H2,1-2H3,(H,19,20);9,12,15H,1-8,10-11,13-14H2,(H,17,18)/b;7-5+,14-3-;/t2*17-;15-/m010/s1. The summed E-state index contributed by atoms with van der Waals surface area (Å²) in [6.07, 6.45) is 60.6. The average Bonchev–Trinajstić information content (AvgIpc) is 3.92. The lowest BCUT2D eigenvalue weighted by Gasteiger charge is -2.06. The first-order chi connectivity index (χ1) is 28.2. The molecule has 6 nitrogen and oxygen atoms in total. The van der Waals surface area contributed by atoms with Crippen molar-refractivity contribution < 1.29 is 29.7 Å². The molecular weight excluding hydrogens is 721 g/mol. The van der Waals surface area contributed by atoms with Crippen LogP contribution in [0, 0.1) is 17.8 Å². The summed E-state index contributed by atoms with van der Waals surface area (Å²) in [7, 11) is 0. The van der Waals surface area contributed by atoms with E-state index in [0.29, 0.717) is 19.3 Å². The number of allylic oxidation sites excluding steroid dienone is 8. The lowest BCUT2D eigenvalue weighted by molar-refractivity contribution is -0.138. The molecule has 0 aromatic carbocycles. The summed E-state index contributed by atoms with van der Waals surface area (Å²) < 4.78 is 0. The van der Waals surface area contributed by atoms with E-state index in [9.17, 15) is 14.4 Å². The molecule has 0 amide bonds. The lowest BCUT2D eigenvalue weighted by atomic mass is 9.99. The number of carbonyl (C=O) groups is 3. The number of aliphatic carboxylic acids is 3. The van der Waals surface area contributed by atoms with Crippen LogP contribution < -0.4 is 0 Å². The van der Waals surface area contributed by atoms with E-state index >= 15 is 0 Å². The number of carboxylic acids is 3. The Morgan fingerprint density at radius 2 is 0.828 bits per heavy atom. The Morgan fingerprint density at radius 3 is 1.19 bits per heavy atom. The molecule has 3 N–H and O–H groups in total. The molecule has 6 heteroatoms. The Balaban J connectivity index is 0.000000841. The van der Waals surface area contributed by atoms with Crippen LogP contribution in [0.1, 0.15) is 245 Å². The van der Waals surface area contributed by atoms with Crippen LogP contribution in [-0.4, -0.2) is 33.2 Å². The maximum atomic E-state index is 10.3. The van der Waals surface area contributed by atoms with Gasteiger partial charge in [0.15, 0.2) is 0 Å². The van der Waals surface area contributed by atoms with E-state index in [1.807, 2.05) is 0 Å². The van der Waals surface area contributed by atoms with Crippen molar-refractivity contribution in [3.8, 4) is 0 Å². The van der Waals surface area contributed by atoms with Gasteiger partial charge in [-0.2, -0.15) is 0 Å². The number of carboxylic acid groups (broad SMARTS) is 3. The summed E-state index contributed by atoms with van der Waals surface area (Å²) in [5.41, 5.74) is 0. The summed E-state index contributed by atoms with van der Waals surface area (Å²) in [6.45, 7) is 4.37. The summed E-state index contributed by atoms with van der Waals surface area (Å²) in [5, 5.41) is 25.5. The largest absolute Gasteiger partial charge is 0.481 e. The molecule has 0 bridgehead atoms. The SMILES string of the molecule is C/C=C\[C@@H](C)CCCCCC/C=C/CCCCC(=O)O.O=C(O)CCCCCCCCCCCC[C@H]1C=CCC1.O=C(O)CCCCCCCCCC[C@H]1C=CCC1. The Hall–Kier alpha value is -2.63. The van der Waals surface area contributed by atoms with Crippen molar-refractivity contribution in [2.24, 2.45) is 17.8 Å². The van der Waals surface area contributed by atoms with Gasteiger partial charge in [-0.05, 0) is 115 Å². The fraction of sp³-hybridized carbons (Fsp3) is 0.788. The lowest BCUT2D eigenvalue weighted by Crippen LogP contribution is -1.93. The molecule has 2 aliphatic rings. The quantitative estimate of drug-likeness (QED) is 0.0425. The highest BCUT2D eigenvalue weighted by Gasteiger charge is 2.09. The highest BCUT2D eigenvalue weighted by atomic mass is 16.4. The average molecular weight is 813 g/mol. The van der Waals surface area contributed by atoms with Gasteiger partial charge in [0.2, 0.25) is 0 Å². The molecule has 0 unspecified atom stereocenters. The minimum atomic E-state index is -0.683. The molecule has 0 heterocycles. The second kappa shape index (κ2) is 43.9.